The van der Waals surface area contributed by atoms with E-state index in [2.05, 4.69) is 15.3 Å². The highest BCUT2D eigenvalue weighted by Crippen LogP contribution is 2.16. The quantitative estimate of drug-likeness (QED) is 0.814. The van der Waals surface area contributed by atoms with Gasteiger partial charge in [-0.15, -0.1) is 0 Å². The molecule has 0 unspecified atom stereocenters. The highest BCUT2D eigenvalue weighted by atomic mass is 19.1. The van der Waals surface area contributed by atoms with Gasteiger partial charge in [0.15, 0.2) is 11.6 Å². The fourth-order valence-corrected chi connectivity index (χ4v) is 1.61. The third-order valence-electron chi connectivity index (χ3n) is 2.51. The van der Waals surface area contributed by atoms with Crippen LogP contribution in [0.4, 0.5) is 10.2 Å². The molecule has 1 heterocycles. The third kappa shape index (κ3) is 3.65. The van der Waals surface area contributed by atoms with Crippen molar-refractivity contribution in [3.05, 3.63) is 17.8 Å². The molecule has 100 valence electrons. The van der Waals surface area contributed by atoms with Gasteiger partial charge in [0.25, 0.3) is 0 Å². The number of carboxylic acid groups (broad SMARTS) is 1. The van der Waals surface area contributed by atoms with Crippen molar-refractivity contribution in [2.24, 2.45) is 5.92 Å². The Hall–Kier alpha value is -1.72. The highest BCUT2D eigenvalue weighted by Gasteiger charge is 2.21. The van der Waals surface area contributed by atoms with Gasteiger partial charge in [0.05, 0.1) is 5.69 Å². The summed E-state index contributed by atoms with van der Waals surface area (Å²) in [5.41, 5.74) is 0.279. The Morgan fingerprint density at radius 2 is 2.17 bits per heavy atom. The zero-order valence-electron chi connectivity index (χ0n) is 10.8. The van der Waals surface area contributed by atoms with E-state index in [0.717, 1.165) is 0 Å². The number of nitrogens with zero attached hydrogens (tertiary/aromatic N) is 2. The van der Waals surface area contributed by atoms with Crippen molar-refractivity contribution in [1.29, 1.82) is 0 Å². The number of aryl methyl sites for hydroxylation is 1. The van der Waals surface area contributed by atoms with Crippen LogP contribution in [0.1, 0.15) is 32.9 Å². The van der Waals surface area contributed by atoms with Crippen molar-refractivity contribution < 1.29 is 14.3 Å². The number of halogens is 1. The molecule has 1 aromatic rings. The zero-order valence-corrected chi connectivity index (χ0v) is 10.8. The highest BCUT2D eigenvalue weighted by molar-refractivity contribution is 5.76. The minimum atomic E-state index is -1.01. The van der Waals surface area contributed by atoms with Crippen LogP contribution in [0, 0.1) is 11.7 Å². The predicted octanol–water partition coefficient (Wildman–Crippen LogP) is 2.09. The number of rotatable bonds is 6. The second-order valence-corrected chi connectivity index (χ2v) is 4.50. The van der Waals surface area contributed by atoms with Crippen molar-refractivity contribution >= 4 is 11.8 Å². The molecular weight excluding hydrogens is 237 g/mol. The normalized spacial score (nSPS) is 12.5. The molecule has 5 nitrogen and oxygen atoms in total. The van der Waals surface area contributed by atoms with Crippen LogP contribution < -0.4 is 5.32 Å². The van der Waals surface area contributed by atoms with Gasteiger partial charge in [-0.25, -0.2) is 19.2 Å². The minimum Gasteiger partial charge on any atom is -0.480 e. The Bertz CT molecular complexity index is 424. The van der Waals surface area contributed by atoms with E-state index in [9.17, 15) is 9.18 Å². The summed E-state index contributed by atoms with van der Waals surface area (Å²) in [4.78, 5) is 18.6. The Kier molecular flexibility index (Phi) is 5.00. The molecule has 0 fully saturated rings. The fraction of sp³-hybridized carbons (Fsp3) is 0.583. The van der Waals surface area contributed by atoms with E-state index in [1.54, 1.807) is 6.92 Å². The molecule has 0 aliphatic rings. The molecular formula is C12H18FN3O2. The van der Waals surface area contributed by atoms with E-state index < -0.39 is 17.8 Å². The summed E-state index contributed by atoms with van der Waals surface area (Å²) >= 11 is 0. The number of nitrogens with one attached hydrogen (secondary N) is 1. The van der Waals surface area contributed by atoms with Gasteiger partial charge in [-0.2, -0.15) is 0 Å². The van der Waals surface area contributed by atoms with Crippen LogP contribution in [0.15, 0.2) is 6.33 Å². The molecule has 1 aromatic heterocycles. The molecule has 18 heavy (non-hydrogen) atoms. The smallest absolute Gasteiger partial charge is 0.326 e. The summed E-state index contributed by atoms with van der Waals surface area (Å²) in [5, 5.41) is 11.7. The van der Waals surface area contributed by atoms with Crippen LogP contribution in [0.25, 0.3) is 0 Å². The molecule has 0 bridgehead atoms. The zero-order chi connectivity index (χ0) is 13.7. The van der Waals surface area contributed by atoms with E-state index in [4.69, 9.17) is 5.11 Å². The Morgan fingerprint density at radius 3 is 2.67 bits per heavy atom. The first-order chi connectivity index (χ1) is 8.45. The molecule has 1 atom stereocenters. The SMILES string of the molecule is CCc1ncnc(N[C@@H](CC(C)C)C(=O)O)c1F. The van der Waals surface area contributed by atoms with Gasteiger partial charge in [-0.1, -0.05) is 20.8 Å². The summed E-state index contributed by atoms with van der Waals surface area (Å²) in [6.07, 6.45) is 2.07. The summed E-state index contributed by atoms with van der Waals surface area (Å²) in [5.74, 6) is -1.45. The molecule has 6 heteroatoms. The van der Waals surface area contributed by atoms with Crippen LogP contribution in [0.3, 0.4) is 0 Å². The molecule has 0 radical (unpaired) electrons. The van der Waals surface area contributed by atoms with Gasteiger partial charge in [-0.3, -0.25) is 0 Å². The van der Waals surface area contributed by atoms with E-state index in [0.29, 0.717) is 12.8 Å². The van der Waals surface area contributed by atoms with Crippen LogP contribution in [0.5, 0.6) is 0 Å². The van der Waals surface area contributed by atoms with Crippen LogP contribution in [-0.2, 0) is 11.2 Å². The van der Waals surface area contributed by atoms with Crippen molar-refractivity contribution in [2.75, 3.05) is 5.32 Å². The molecule has 0 aliphatic heterocycles. The maximum Gasteiger partial charge on any atom is 0.326 e. The van der Waals surface area contributed by atoms with Crippen molar-refractivity contribution in [1.82, 2.24) is 9.97 Å². The largest absolute Gasteiger partial charge is 0.480 e. The number of anilines is 1. The first kappa shape index (κ1) is 14.3. The number of aromatic nitrogens is 2. The first-order valence-electron chi connectivity index (χ1n) is 5.94. The first-order valence-corrected chi connectivity index (χ1v) is 5.94. The molecule has 0 saturated heterocycles. The molecule has 0 aromatic carbocycles. The molecule has 0 amide bonds. The average Bonchev–Trinajstić information content (AvgIpc) is 2.30. The molecule has 0 saturated carbocycles. The second kappa shape index (κ2) is 6.28. The summed E-state index contributed by atoms with van der Waals surface area (Å²) < 4.78 is 13.9. The van der Waals surface area contributed by atoms with Crippen molar-refractivity contribution in [2.45, 2.75) is 39.7 Å². The number of hydrogen-bond acceptors (Lipinski definition) is 4. The van der Waals surface area contributed by atoms with E-state index in [1.807, 2.05) is 13.8 Å². The van der Waals surface area contributed by atoms with E-state index in [1.165, 1.54) is 6.33 Å². The van der Waals surface area contributed by atoms with Crippen LogP contribution >= 0.6 is 0 Å². The summed E-state index contributed by atoms with van der Waals surface area (Å²) in [7, 11) is 0. The second-order valence-electron chi connectivity index (χ2n) is 4.50. The Labute approximate surface area is 105 Å². The lowest BCUT2D eigenvalue weighted by Crippen LogP contribution is -2.31. The number of aliphatic carboxylic acids is 1. The minimum absolute atomic E-state index is 0.0464. The van der Waals surface area contributed by atoms with Crippen molar-refractivity contribution in [3.8, 4) is 0 Å². The monoisotopic (exact) mass is 255 g/mol. The van der Waals surface area contributed by atoms with E-state index >= 15 is 0 Å². The summed E-state index contributed by atoms with van der Waals surface area (Å²) in [6.45, 7) is 5.59. The van der Waals surface area contributed by atoms with Crippen LogP contribution in [0.2, 0.25) is 0 Å². The lowest BCUT2D eigenvalue weighted by molar-refractivity contribution is -0.138. The van der Waals surface area contributed by atoms with Gasteiger partial charge < -0.3 is 10.4 Å². The number of carbonyl (C=O) groups is 1. The van der Waals surface area contributed by atoms with Gasteiger partial charge in [0.2, 0.25) is 0 Å². The van der Waals surface area contributed by atoms with Gasteiger partial charge in [0, 0.05) is 0 Å². The third-order valence-corrected chi connectivity index (χ3v) is 2.51. The lowest BCUT2D eigenvalue weighted by atomic mass is 10.0. The number of carboxylic acids is 1. The summed E-state index contributed by atoms with van der Waals surface area (Å²) in [6, 6.07) is -0.848. The van der Waals surface area contributed by atoms with Gasteiger partial charge >= 0.3 is 5.97 Å². The van der Waals surface area contributed by atoms with E-state index in [-0.39, 0.29) is 17.4 Å². The molecule has 0 aliphatic carbocycles. The standard InChI is InChI=1S/C12H18FN3O2/c1-4-8-10(13)11(15-6-14-8)16-9(12(17)18)5-7(2)3/h6-7,9H,4-5H2,1-3H3,(H,17,18)(H,14,15,16)/t9-/m0/s1. The lowest BCUT2D eigenvalue weighted by Gasteiger charge is -2.17. The molecule has 2 N–H and O–H groups in total. The maximum absolute atomic E-state index is 13.9. The van der Waals surface area contributed by atoms with Crippen molar-refractivity contribution in [3.63, 3.8) is 0 Å². The number of hydrogen-bond donors (Lipinski definition) is 2. The topological polar surface area (TPSA) is 75.1 Å². The average molecular weight is 255 g/mol. The Balaban J connectivity index is 2.90. The predicted molar refractivity (Wildman–Crippen MR) is 65.9 cm³/mol. The fourth-order valence-electron chi connectivity index (χ4n) is 1.61. The van der Waals surface area contributed by atoms with Gasteiger partial charge in [0.1, 0.15) is 12.4 Å². The molecule has 0 spiro atoms. The maximum atomic E-state index is 13.9. The van der Waals surface area contributed by atoms with Gasteiger partial charge in [-0.05, 0) is 18.8 Å². The molecule has 1 rings (SSSR count). The Morgan fingerprint density at radius 1 is 1.50 bits per heavy atom. The van der Waals surface area contributed by atoms with Crippen LogP contribution in [-0.4, -0.2) is 27.1 Å².